The minimum Gasteiger partial charge on any atom is -0.352 e. The topological polar surface area (TPSA) is 33.5 Å². The van der Waals surface area contributed by atoms with Crippen molar-refractivity contribution in [3.05, 3.63) is 29.8 Å². The van der Waals surface area contributed by atoms with Crippen molar-refractivity contribution in [2.75, 3.05) is 12.8 Å². The van der Waals surface area contributed by atoms with Gasteiger partial charge >= 0.3 is 0 Å². The van der Waals surface area contributed by atoms with E-state index in [0.29, 0.717) is 11.8 Å². The highest BCUT2D eigenvalue weighted by Gasteiger charge is 2.42. The van der Waals surface area contributed by atoms with Crippen molar-refractivity contribution in [2.45, 2.75) is 74.9 Å². The summed E-state index contributed by atoms with van der Waals surface area (Å²) in [6.07, 6.45) is 4.97. The fourth-order valence-electron chi connectivity index (χ4n) is 4.17. The molecule has 1 aromatic carbocycles. The van der Waals surface area contributed by atoms with Crippen LogP contribution < -0.4 is 10.2 Å². The number of thioether (sulfide) groups is 1. The first-order chi connectivity index (χ1) is 11.3. The lowest BCUT2D eigenvalue weighted by Gasteiger charge is -2.33. The number of rotatable bonds is 4. The third kappa shape index (κ3) is 4.15. The summed E-state index contributed by atoms with van der Waals surface area (Å²) in [6.45, 7) is 6.66. The average Bonchev–Trinajstić information content (AvgIpc) is 2.74. The van der Waals surface area contributed by atoms with Crippen LogP contribution in [0.4, 0.5) is 0 Å². The fraction of sp³-hybridized carbons (Fsp3) is 0.650. The quantitative estimate of drug-likeness (QED) is 0.820. The van der Waals surface area contributed by atoms with Gasteiger partial charge in [0.15, 0.2) is 0 Å². The van der Waals surface area contributed by atoms with E-state index >= 15 is 0 Å². The molecule has 2 unspecified atom stereocenters. The van der Waals surface area contributed by atoms with Gasteiger partial charge in [0.1, 0.15) is 0 Å². The van der Waals surface area contributed by atoms with Gasteiger partial charge in [0.05, 0.1) is 24.9 Å². The van der Waals surface area contributed by atoms with Crippen molar-refractivity contribution in [3.8, 4) is 0 Å². The van der Waals surface area contributed by atoms with Crippen LogP contribution in [0, 0.1) is 0 Å². The van der Waals surface area contributed by atoms with Gasteiger partial charge in [-0.25, -0.2) is 0 Å². The van der Waals surface area contributed by atoms with Crippen LogP contribution >= 0.6 is 11.8 Å². The Labute approximate surface area is 150 Å². The van der Waals surface area contributed by atoms with Gasteiger partial charge in [-0.2, -0.15) is 0 Å². The minimum absolute atomic E-state index is 0.177. The molecule has 3 nitrogen and oxygen atoms in total. The van der Waals surface area contributed by atoms with Gasteiger partial charge in [-0.3, -0.25) is 4.79 Å². The molecule has 1 amide bonds. The summed E-state index contributed by atoms with van der Waals surface area (Å²) in [5, 5.41) is 3.27. The van der Waals surface area contributed by atoms with Crippen molar-refractivity contribution < 1.29 is 9.69 Å². The minimum atomic E-state index is 0.177. The van der Waals surface area contributed by atoms with E-state index in [9.17, 15) is 4.79 Å². The predicted octanol–water partition coefficient (Wildman–Crippen LogP) is 2.40. The number of nitrogens with one attached hydrogen (secondary N) is 2. The molecule has 0 spiro atoms. The van der Waals surface area contributed by atoms with Crippen LogP contribution in [-0.4, -0.2) is 36.8 Å². The van der Waals surface area contributed by atoms with E-state index in [-0.39, 0.29) is 11.3 Å². The number of hydrogen-bond donors (Lipinski definition) is 2. The van der Waals surface area contributed by atoms with E-state index in [1.54, 1.807) is 16.7 Å². The third-order valence-corrected chi connectivity index (χ3v) is 6.76. The Hall–Kier alpha value is -1.00. The highest BCUT2D eigenvalue weighted by molar-refractivity contribution is 8.00. The highest BCUT2D eigenvalue weighted by Crippen LogP contribution is 2.26. The lowest BCUT2D eigenvalue weighted by atomic mass is 9.87. The Morgan fingerprint density at radius 2 is 1.75 bits per heavy atom. The average molecular weight is 348 g/mol. The first-order valence-corrected chi connectivity index (χ1v) is 10.2. The van der Waals surface area contributed by atoms with Crippen molar-refractivity contribution in [1.29, 1.82) is 0 Å². The molecule has 2 bridgehead atoms. The molecule has 24 heavy (non-hydrogen) atoms. The Kier molecular flexibility index (Phi) is 5.26. The Bertz CT molecular complexity index is 564. The number of fused-ring (bicyclic) bond motifs is 2. The lowest BCUT2D eigenvalue weighted by Crippen LogP contribution is -3.15. The van der Waals surface area contributed by atoms with Crippen LogP contribution in [0.3, 0.4) is 0 Å². The molecule has 2 aliphatic heterocycles. The van der Waals surface area contributed by atoms with Crippen LogP contribution in [0.5, 0.6) is 0 Å². The first kappa shape index (κ1) is 17.8. The first-order valence-electron chi connectivity index (χ1n) is 9.19. The van der Waals surface area contributed by atoms with E-state index < -0.39 is 0 Å². The maximum Gasteiger partial charge on any atom is 0.230 e. The van der Waals surface area contributed by atoms with Crippen LogP contribution in [0.2, 0.25) is 0 Å². The largest absolute Gasteiger partial charge is 0.352 e. The van der Waals surface area contributed by atoms with E-state index in [1.165, 1.54) is 23.3 Å². The number of benzene rings is 1. The van der Waals surface area contributed by atoms with Crippen molar-refractivity contribution in [2.24, 2.45) is 0 Å². The van der Waals surface area contributed by atoms with E-state index in [4.69, 9.17) is 0 Å². The van der Waals surface area contributed by atoms with Crippen molar-refractivity contribution in [1.82, 2.24) is 5.32 Å². The maximum atomic E-state index is 12.3. The number of piperidine rings is 1. The predicted molar refractivity (Wildman–Crippen MR) is 101 cm³/mol. The SMILES string of the molecule is C[NH+]1[C@@H]2CC[C@H]1CC(NC(=O)CSc1ccc(C(C)(C)C)cc1)C2. The zero-order valence-corrected chi connectivity index (χ0v) is 16.2. The Morgan fingerprint density at radius 1 is 1.17 bits per heavy atom. The van der Waals surface area contributed by atoms with Gasteiger partial charge in [-0.15, -0.1) is 11.8 Å². The van der Waals surface area contributed by atoms with E-state index in [0.717, 1.165) is 24.9 Å². The van der Waals surface area contributed by atoms with Crippen LogP contribution in [0.1, 0.15) is 52.0 Å². The molecule has 0 aromatic heterocycles. The lowest BCUT2D eigenvalue weighted by molar-refractivity contribution is -0.922. The van der Waals surface area contributed by atoms with E-state index in [1.807, 2.05) is 0 Å². The molecule has 2 saturated heterocycles. The summed E-state index contributed by atoms with van der Waals surface area (Å²) in [5.74, 6) is 0.701. The molecule has 0 aliphatic carbocycles. The third-order valence-electron chi connectivity index (χ3n) is 5.74. The molecule has 2 aliphatic rings. The van der Waals surface area contributed by atoms with Crippen molar-refractivity contribution >= 4 is 17.7 Å². The monoisotopic (exact) mass is 347 g/mol. The molecule has 132 valence electrons. The van der Waals surface area contributed by atoms with Gasteiger partial charge in [0, 0.05) is 36.6 Å². The second-order valence-electron chi connectivity index (χ2n) is 8.51. The standard InChI is InChI=1S/C20H30N2OS/c1-20(2,3)14-5-9-18(10-6-14)24-13-19(23)21-15-11-16-7-8-17(12-15)22(16)4/h5-6,9-10,15-17H,7-8,11-13H2,1-4H3,(H,21,23)/p+1/t15?,16-,17+. The molecule has 2 heterocycles. The smallest absolute Gasteiger partial charge is 0.230 e. The molecular formula is C20H31N2OS+. The van der Waals surface area contributed by atoms with E-state index in [2.05, 4.69) is 57.4 Å². The molecule has 3 rings (SSSR count). The summed E-state index contributed by atoms with van der Waals surface area (Å²) < 4.78 is 0. The van der Waals surface area contributed by atoms with Crippen molar-refractivity contribution in [3.63, 3.8) is 0 Å². The van der Waals surface area contributed by atoms with Crippen LogP contribution in [-0.2, 0) is 10.2 Å². The second-order valence-corrected chi connectivity index (χ2v) is 9.56. The Balaban J connectivity index is 1.46. The summed E-state index contributed by atoms with van der Waals surface area (Å²) in [6, 6.07) is 10.5. The van der Waals surface area contributed by atoms with Gasteiger partial charge in [-0.05, 0) is 23.1 Å². The summed E-state index contributed by atoms with van der Waals surface area (Å²) in [4.78, 5) is 15.1. The van der Waals surface area contributed by atoms with Crippen LogP contribution in [0.25, 0.3) is 0 Å². The highest BCUT2D eigenvalue weighted by atomic mass is 32.2. The zero-order chi connectivity index (χ0) is 17.3. The molecule has 0 saturated carbocycles. The Morgan fingerprint density at radius 3 is 2.29 bits per heavy atom. The summed E-state index contributed by atoms with van der Waals surface area (Å²) in [7, 11) is 2.32. The summed E-state index contributed by atoms with van der Waals surface area (Å²) >= 11 is 1.64. The number of carbonyl (C=O) groups is 1. The van der Waals surface area contributed by atoms with Crippen LogP contribution in [0.15, 0.2) is 29.2 Å². The molecular weight excluding hydrogens is 316 g/mol. The van der Waals surface area contributed by atoms with Gasteiger partial charge in [0.2, 0.25) is 5.91 Å². The molecule has 2 fully saturated rings. The number of hydrogen-bond acceptors (Lipinski definition) is 2. The number of amides is 1. The molecule has 4 atom stereocenters. The van der Waals surface area contributed by atoms with Gasteiger partial charge in [0.25, 0.3) is 0 Å². The number of carbonyl (C=O) groups excluding carboxylic acids is 1. The molecule has 4 heteroatoms. The summed E-state index contributed by atoms with van der Waals surface area (Å²) in [5.41, 5.74) is 1.51. The zero-order valence-electron chi connectivity index (χ0n) is 15.4. The normalized spacial score (nSPS) is 29.5. The number of quaternary nitrogens is 1. The molecule has 0 radical (unpaired) electrons. The van der Waals surface area contributed by atoms with Gasteiger partial charge in [-0.1, -0.05) is 32.9 Å². The van der Waals surface area contributed by atoms with Gasteiger partial charge < -0.3 is 10.2 Å². The molecule has 2 N–H and O–H groups in total. The fourth-order valence-corrected chi connectivity index (χ4v) is 4.88. The maximum absolute atomic E-state index is 12.3. The second kappa shape index (κ2) is 7.09. The molecule has 1 aromatic rings.